The molecule has 96 valence electrons. The fourth-order valence-corrected chi connectivity index (χ4v) is 2.43. The number of methoxy groups -OCH3 is 1. The maximum absolute atomic E-state index is 11.4. The smallest absolute Gasteiger partial charge is 0.374 e. The molecule has 2 heterocycles. The standard InChI is InChI=1S/C13H14O4S/c1-8-6-10(17-12(8)13(14)15-3)7-18-11-4-5-16-9(11)2/h4-6H,7H2,1-3H3. The van der Waals surface area contributed by atoms with E-state index in [-0.39, 0.29) is 5.76 Å². The Bertz CT molecular complexity index is 553. The van der Waals surface area contributed by atoms with Crippen molar-refractivity contribution < 1.29 is 18.4 Å². The van der Waals surface area contributed by atoms with Gasteiger partial charge in [0.15, 0.2) is 0 Å². The van der Waals surface area contributed by atoms with E-state index in [0.29, 0.717) is 5.75 Å². The summed E-state index contributed by atoms with van der Waals surface area (Å²) in [6, 6.07) is 3.77. The molecule has 2 aromatic rings. The van der Waals surface area contributed by atoms with Gasteiger partial charge in [-0.3, -0.25) is 0 Å². The average Bonchev–Trinajstić information content (AvgIpc) is 2.92. The summed E-state index contributed by atoms with van der Waals surface area (Å²) < 4.78 is 15.3. The lowest BCUT2D eigenvalue weighted by Crippen LogP contribution is -2.00. The van der Waals surface area contributed by atoms with Crippen molar-refractivity contribution in [1.82, 2.24) is 0 Å². The minimum atomic E-state index is -0.441. The van der Waals surface area contributed by atoms with Gasteiger partial charge >= 0.3 is 5.97 Å². The third-order valence-corrected chi connectivity index (χ3v) is 3.68. The number of carbonyl (C=O) groups is 1. The zero-order valence-electron chi connectivity index (χ0n) is 10.5. The van der Waals surface area contributed by atoms with Crippen LogP contribution < -0.4 is 0 Å². The van der Waals surface area contributed by atoms with Crippen LogP contribution in [0.25, 0.3) is 0 Å². The van der Waals surface area contributed by atoms with Crippen LogP contribution in [0.2, 0.25) is 0 Å². The lowest BCUT2D eigenvalue weighted by atomic mass is 10.3. The predicted molar refractivity (Wildman–Crippen MR) is 67.8 cm³/mol. The highest BCUT2D eigenvalue weighted by molar-refractivity contribution is 7.98. The largest absolute Gasteiger partial charge is 0.468 e. The van der Waals surface area contributed by atoms with E-state index in [4.69, 9.17) is 8.83 Å². The van der Waals surface area contributed by atoms with Gasteiger partial charge < -0.3 is 13.6 Å². The van der Waals surface area contributed by atoms with Crippen molar-refractivity contribution in [2.24, 2.45) is 0 Å². The van der Waals surface area contributed by atoms with Gasteiger partial charge in [-0.05, 0) is 26.0 Å². The topological polar surface area (TPSA) is 52.6 Å². The summed E-state index contributed by atoms with van der Waals surface area (Å²) in [6.07, 6.45) is 1.66. The highest BCUT2D eigenvalue weighted by Crippen LogP contribution is 2.28. The Labute approximate surface area is 109 Å². The number of hydrogen-bond donors (Lipinski definition) is 0. The normalized spacial score (nSPS) is 10.6. The lowest BCUT2D eigenvalue weighted by Gasteiger charge is -1.97. The minimum Gasteiger partial charge on any atom is -0.468 e. The number of thioether (sulfide) groups is 1. The highest BCUT2D eigenvalue weighted by Gasteiger charge is 2.16. The van der Waals surface area contributed by atoms with Gasteiger partial charge in [0.1, 0.15) is 11.5 Å². The summed E-state index contributed by atoms with van der Waals surface area (Å²) in [5.74, 6) is 2.12. The molecule has 2 aromatic heterocycles. The maximum Gasteiger partial charge on any atom is 0.374 e. The van der Waals surface area contributed by atoms with Crippen molar-refractivity contribution >= 4 is 17.7 Å². The van der Waals surface area contributed by atoms with E-state index in [1.807, 2.05) is 26.0 Å². The Hall–Kier alpha value is -1.62. The second-order valence-electron chi connectivity index (χ2n) is 3.85. The van der Waals surface area contributed by atoms with Gasteiger partial charge in [0, 0.05) is 10.5 Å². The molecule has 5 heteroatoms. The molecule has 0 atom stereocenters. The molecule has 0 radical (unpaired) electrons. The summed E-state index contributed by atoms with van der Waals surface area (Å²) >= 11 is 1.61. The summed E-state index contributed by atoms with van der Waals surface area (Å²) in [5, 5.41) is 0. The van der Waals surface area contributed by atoms with E-state index < -0.39 is 5.97 Å². The van der Waals surface area contributed by atoms with Gasteiger partial charge in [0.05, 0.1) is 19.1 Å². The average molecular weight is 266 g/mol. The maximum atomic E-state index is 11.4. The molecule has 0 aliphatic rings. The van der Waals surface area contributed by atoms with Gasteiger partial charge in [-0.1, -0.05) is 0 Å². The second kappa shape index (κ2) is 5.35. The molecule has 0 N–H and O–H groups in total. The highest BCUT2D eigenvalue weighted by atomic mass is 32.2. The van der Waals surface area contributed by atoms with Gasteiger partial charge in [-0.15, -0.1) is 11.8 Å². The van der Waals surface area contributed by atoms with Crippen LogP contribution in [0.15, 0.2) is 32.1 Å². The van der Waals surface area contributed by atoms with Gasteiger partial charge in [-0.25, -0.2) is 4.79 Å². The molecule has 0 amide bonds. The Morgan fingerprint density at radius 2 is 2.22 bits per heavy atom. The number of esters is 1. The molecule has 0 aliphatic carbocycles. The van der Waals surface area contributed by atoms with Crippen molar-refractivity contribution in [3.8, 4) is 0 Å². The number of ether oxygens (including phenoxy) is 1. The van der Waals surface area contributed by atoms with Crippen LogP contribution in [-0.4, -0.2) is 13.1 Å². The molecule has 0 fully saturated rings. The SMILES string of the molecule is COC(=O)c1oc(CSc2ccoc2C)cc1C. The summed E-state index contributed by atoms with van der Waals surface area (Å²) in [6.45, 7) is 3.74. The van der Waals surface area contributed by atoms with E-state index in [1.165, 1.54) is 7.11 Å². The first kappa shape index (κ1) is 12.8. The Kier molecular flexibility index (Phi) is 3.81. The first-order chi connectivity index (χ1) is 8.61. The third-order valence-electron chi connectivity index (χ3n) is 2.52. The molecular formula is C13H14O4S. The predicted octanol–water partition coefficient (Wildman–Crippen LogP) is 3.57. The van der Waals surface area contributed by atoms with Crippen molar-refractivity contribution in [2.75, 3.05) is 7.11 Å². The monoisotopic (exact) mass is 266 g/mol. The molecule has 18 heavy (non-hydrogen) atoms. The zero-order valence-corrected chi connectivity index (χ0v) is 11.3. The van der Waals surface area contributed by atoms with E-state index >= 15 is 0 Å². The van der Waals surface area contributed by atoms with Crippen molar-refractivity contribution in [2.45, 2.75) is 24.5 Å². The van der Waals surface area contributed by atoms with Gasteiger partial charge in [0.25, 0.3) is 0 Å². The van der Waals surface area contributed by atoms with Crippen molar-refractivity contribution in [1.29, 1.82) is 0 Å². The molecule has 0 saturated carbocycles. The van der Waals surface area contributed by atoms with Gasteiger partial charge in [0.2, 0.25) is 5.76 Å². The molecule has 0 aromatic carbocycles. The molecule has 0 bridgehead atoms. The minimum absolute atomic E-state index is 0.275. The van der Waals surface area contributed by atoms with Gasteiger partial charge in [-0.2, -0.15) is 0 Å². The first-order valence-corrected chi connectivity index (χ1v) is 6.45. The summed E-state index contributed by atoms with van der Waals surface area (Å²) in [4.78, 5) is 12.5. The summed E-state index contributed by atoms with van der Waals surface area (Å²) in [7, 11) is 1.34. The van der Waals surface area contributed by atoms with Crippen LogP contribution in [-0.2, 0) is 10.5 Å². The first-order valence-electron chi connectivity index (χ1n) is 5.46. The van der Waals surface area contributed by atoms with Crippen molar-refractivity contribution in [3.05, 3.63) is 41.2 Å². The molecule has 0 aliphatic heterocycles. The van der Waals surface area contributed by atoms with Crippen molar-refractivity contribution in [3.63, 3.8) is 0 Å². The second-order valence-corrected chi connectivity index (χ2v) is 4.86. The molecule has 4 nitrogen and oxygen atoms in total. The Morgan fingerprint density at radius 3 is 2.83 bits per heavy atom. The van der Waals surface area contributed by atoms with E-state index in [1.54, 1.807) is 18.0 Å². The van der Waals surface area contributed by atoms with E-state index in [0.717, 1.165) is 22.0 Å². The quantitative estimate of drug-likeness (QED) is 0.625. The number of hydrogen-bond acceptors (Lipinski definition) is 5. The fraction of sp³-hybridized carbons (Fsp3) is 0.308. The van der Waals surface area contributed by atoms with Crippen LogP contribution in [0.4, 0.5) is 0 Å². The van der Waals surface area contributed by atoms with E-state index in [2.05, 4.69) is 4.74 Å². The number of furan rings is 2. The zero-order chi connectivity index (χ0) is 13.1. The number of aryl methyl sites for hydroxylation is 2. The number of carbonyl (C=O) groups excluding carboxylic acids is 1. The van der Waals surface area contributed by atoms with Crippen LogP contribution >= 0.6 is 11.8 Å². The molecule has 0 unspecified atom stereocenters. The number of rotatable bonds is 4. The fourth-order valence-electron chi connectivity index (χ4n) is 1.59. The summed E-state index contributed by atoms with van der Waals surface area (Å²) in [5.41, 5.74) is 0.793. The van der Waals surface area contributed by atoms with E-state index in [9.17, 15) is 4.79 Å². The molecule has 0 saturated heterocycles. The van der Waals surface area contributed by atoms with Crippen LogP contribution in [0.1, 0.15) is 27.6 Å². The lowest BCUT2D eigenvalue weighted by molar-refractivity contribution is 0.0562. The van der Waals surface area contributed by atoms with Crippen LogP contribution in [0.5, 0.6) is 0 Å². The van der Waals surface area contributed by atoms with Crippen LogP contribution in [0.3, 0.4) is 0 Å². The molecule has 0 spiro atoms. The Balaban J connectivity index is 2.07. The van der Waals surface area contributed by atoms with Crippen LogP contribution in [0, 0.1) is 13.8 Å². The third kappa shape index (κ3) is 2.61. The Morgan fingerprint density at radius 1 is 1.44 bits per heavy atom. The molecular weight excluding hydrogens is 252 g/mol. The molecule has 2 rings (SSSR count).